The van der Waals surface area contributed by atoms with Gasteiger partial charge < -0.3 is 19.9 Å². The summed E-state index contributed by atoms with van der Waals surface area (Å²) >= 11 is 0. The number of aliphatic carboxylic acids is 1. The fraction of sp³-hybridized carbons (Fsp3) is 0.120. The Morgan fingerprint density at radius 1 is 1.00 bits per heavy atom. The lowest BCUT2D eigenvalue weighted by Gasteiger charge is -2.13. The highest BCUT2D eigenvalue weighted by molar-refractivity contribution is 6.02. The van der Waals surface area contributed by atoms with E-state index < -0.39 is 16.8 Å². The van der Waals surface area contributed by atoms with E-state index >= 15 is 0 Å². The lowest BCUT2D eigenvalue weighted by atomic mass is 10.1. The molecule has 0 fully saturated rings. The molecule has 0 saturated heterocycles. The van der Waals surface area contributed by atoms with Gasteiger partial charge in [-0.2, -0.15) is 0 Å². The summed E-state index contributed by atoms with van der Waals surface area (Å²) in [5.41, 5.74) is 1.24. The summed E-state index contributed by atoms with van der Waals surface area (Å²) in [6.07, 6.45) is 1.33. The zero-order chi connectivity index (χ0) is 24.5. The Morgan fingerprint density at radius 2 is 1.71 bits per heavy atom. The molecule has 0 heterocycles. The molecule has 34 heavy (non-hydrogen) atoms. The maximum absolute atomic E-state index is 12.4. The lowest BCUT2D eigenvalue weighted by Crippen LogP contribution is -2.27. The van der Waals surface area contributed by atoms with E-state index in [0.29, 0.717) is 29.2 Å². The minimum absolute atomic E-state index is 0.0107. The third kappa shape index (κ3) is 6.42. The van der Waals surface area contributed by atoms with E-state index in [1.54, 1.807) is 67.6 Å². The van der Waals surface area contributed by atoms with E-state index in [1.165, 1.54) is 18.2 Å². The normalized spacial score (nSPS) is 10.9. The Labute approximate surface area is 195 Å². The van der Waals surface area contributed by atoms with Gasteiger partial charge in [-0.15, -0.1) is 0 Å². The van der Waals surface area contributed by atoms with Crippen LogP contribution in [0.5, 0.6) is 11.5 Å². The van der Waals surface area contributed by atoms with Crippen molar-refractivity contribution < 1.29 is 29.1 Å². The van der Waals surface area contributed by atoms with E-state index in [9.17, 15) is 24.8 Å². The molecule has 0 bridgehead atoms. The molecular weight excluding hydrogens is 440 g/mol. The van der Waals surface area contributed by atoms with E-state index in [4.69, 9.17) is 9.47 Å². The SMILES string of the molecule is CCOc1cc(/C=C(/NC(=O)c2ccccc2)C(=O)O)ccc1OCc1ccc([N+](=O)[O-])cc1. The smallest absolute Gasteiger partial charge is 0.352 e. The number of carbonyl (C=O) groups excluding carboxylic acids is 1. The molecule has 0 atom stereocenters. The van der Waals surface area contributed by atoms with Gasteiger partial charge in [0.2, 0.25) is 0 Å². The van der Waals surface area contributed by atoms with Crippen LogP contribution in [0.15, 0.2) is 78.5 Å². The van der Waals surface area contributed by atoms with Gasteiger partial charge in [0.1, 0.15) is 12.3 Å². The van der Waals surface area contributed by atoms with Crippen LogP contribution in [0.4, 0.5) is 5.69 Å². The largest absolute Gasteiger partial charge is 0.490 e. The molecule has 3 rings (SSSR count). The highest BCUT2D eigenvalue weighted by Gasteiger charge is 2.14. The fourth-order valence-electron chi connectivity index (χ4n) is 2.98. The molecule has 9 nitrogen and oxygen atoms in total. The Hall–Kier alpha value is -4.66. The molecule has 0 radical (unpaired) electrons. The predicted molar refractivity (Wildman–Crippen MR) is 125 cm³/mol. The van der Waals surface area contributed by atoms with Gasteiger partial charge in [0.15, 0.2) is 11.5 Å². The Morgan fingerprint density at radius 3 is 2.32 bits per heavy atom. The summed E-state index contributed by atoms with van der Waals surface area (Å²) in [5.74, 6) is -1.03. The van der Waals surface area contributed by atoms with E-state index in [-0.39, 0.29) is 18.0 Å². The molecule has 3 aromatic rings. The molecule has 3 aromatic carbocycles. The monoisotopic (exact) mass is 462 g/mol. The number of nitrogens with one attached hydrogen (secondary N) is 1. The molecule has 0 aromatic heterocycles. The minimum Gasteiger partial charge on any atom is -0.490 e. The summed E-state index contributed by atoms with van der Waals surface area (Å²) in [6.45, 7) is 2.30. The number of carbonyl (C=O) groups is 2. The summed E-state index contributed by atoms with van der Waals surface area (Å²) in [7, 11) is 0. The first-order chi connectivity index (χ1) is 16.4. The van der Waals surface area contributed by atoms with Crippen molar-refractivity contribution in [3.8, 4) is 11.5 Å². The summed E-state index contributed by atoms with van der Waals surface area (Å²) < 4.78 is 11.4. The Kier molecular flexibility index (Phi) is 7.96. The quantitative estimate of drug-likeness (QED) is 0.259. The number of hydrogen-bond acceptors (Lipinski definition) is 6. The van der Waals surface area contributed by atoms with Crippen molar-refractivity contribution >= 4 is 23.6 Å². The zero-order valence-electron chi connectivity index (χ0n) is 18.3. The van der Waals surface area contributed by atoms with Crippen LogP contribution < -0.4 is 14.8 Å². The van der Waals surface area contributed by atoms with E-state index in [1.807, 2.05) is 0 Å². The standard InChI is InChI=1S/C25H22N2O7/c1-2-33-23-15-18(14-21(25(29)30)26-24(28)19-6-4-3-5-7-19)10-13-22(23)34-16-17-8-11-20(12-9-17)27(31)32/h3-15H,2,16H2,1H3,(H,26,28)(H,29,30)/b21-14+. The van der Waals surface area contributed by atoms with E-state index in [2.05, 4.69) is 5.32 Å². The fourth-order valence-corrected chi connectivity index (χ4v) is 2.98. The van der Waals surface area contributed by atoms with Crippen LogP contribution >= 0.6 is 0 Å². The molecule has 0 unspecified atom stereocenters. The third-order valence-electron chi connectivity index (χ3n) is 4.63. The third-order valence-corrected chi connectivity index (χ3v) is 4.63. The van der Waals surface area contributed by atoms with Crippen molar-refractivity contribution in [3.05, 3.63) is 105 Å². The molecule has 174 valence electrons. The lowest BCUT2D eigenvalue weighted by molar-refractivity contribution is -0.384. The first kappa shape index (κ1) is 24.0. The number of nitro groups is 1. The molecule has 9 heteroatoms. The first-order valence-electron chi connectivity index (χ1n) is 10.3. The van der Waals surface area contributed by atoms with Crippen molar-refractivity contribution in [2.45, 2.75) is 13.5 Å². The maximum atomic E-state index is 12.4. The molecule has 0 aliphatic heterocycles. The Balaban J connectivity index is 1.78. The number of nitrogens with zero attached hydrogens (tertiary/aromatic N) is 1. The number of carboxylic acids is 1. The van der Waals surface area contributed by atoms with E-state index in [0.717, 1.165) is 5.56 Å². The Bertz CT molecular complexity index is 1210. The second-order valence-corrected chi connectivity index (χ2v) is 7.03. The van der Waals surface area contributed by atoms with Crippen LogP contribution in [-0.2, 0) is 11.4 Å². The summed E-state index contributed by atoms with van der Waals surface area (Å²) in [4.78, 5) is 34.4. The number of carboxylic acid groups (broad SMARTS) is 1. The number of hydrogen-bond donors (Lipinski definition) is 2. The number of rotatable bonds is 10. The van der Waals surface area contributed by atoms with Crippen LogP contribution in [0.2, 0.25) is 0 Å². The van der Waals surface area contributed by atoms with Crippen molar-refractivity contribution in [3.63, 3.8) is 0 Å². The van der Waals surface area contributed by atoms with Gasteiger partial charge in [-0.05, 0) is 60.5 Å². The van der Waals surface area contributed by atoms with Crippen molar-refractivity contribution in [2.75, 3.05) is 6.61 Å². The minimum atomic E-state index is -1.29. The molecule has 2 N–H and O–H groups in total. The summed E-state index contributed by atoms with van der Waals surface area (Å²) in [6, 6.07) is 19.1. The van der Waals surface area contributed by atoms with Gasteiger partial charge in [0.25, 0.3) is 11.6 Å². The van der Waals surface area contributed by atoms with Crippen LogP contribution in [0.1, 0.15) is 28.4 Å². The predicted octanol–water partition coefficient (Wildman–Crippen LogP) is 4.43. The number of benzene rings is 3. The first-order valence-corrected chi connectivity index (χ1v) is 10.3. The number of ether oxygens (including phenoxy) is 2. The van der Waals surface area contributed by atoms with Gasteiger partial charge >= 0.3 is 5.97 Å². The van der Waals surface area contributed by atoms with Gasteiger partial charge in [0, 0.05) is 17.7 Å². The van der Waals surface area contributed by atoms with Crippen LogP contribution in [-0.4, -0.2) is 28.5 Å². The number of amides is 1. The molecular formula is C25H22N2O7. The highest BCUT2D eigenvalue weighted by atomic mass is 16.6. The highest BCUT2D eigenvalue weighted by Crippen LogP contribution is 2.30. The van der Waals surface area contributed by atoms with Gasteiger partial charge in [-0.1, -0.05) is 24.3 Å². The van der Waals surface area contributed by atoms with Crippen molar-refractivity contribution in [2.24, 2.45) is 0 Å². The van der Waals surface area contributed by atoms with Gasteiger partial charge in [-0.3, -0.25) is 14.9 Å². The van der Waals surface area contributed by atoms with Gasteiger partial charge in [0.05, 0.1) is 11.5 Å². The average molecular weight is 462 g/mol. The maximum Gasteiger partial charge on any atom is 0.352 e. The van der Waals surface area contributed by atoms with Crippen LogP contribution in [0, 0.1) is 10.1 Å². The van der Waals surface area contributed by atoms with Crippen molar-refractivity contribution in [1.29, 1.82) is 0 Å². The molecule has 0 saturated carbocycles. The second-order valence-electron chi connectivity index (χ2n) is 7.03. The molecule has 0 spiro atoms. The molecule has 0 aliphatic carbocycles. The van der Waals surface area contributed by atoms with Crippen molar-refractivity contribution in [1.82, 2.24) is 5.32 Å². The molecule has 0 aliphatic rings. The average Bonchev–Trinajstić information content (AvgIpc) is 2.84. The number of nitro benzene ring substituents is 1. The van der Waals surface area contributed by atoms with Crippen LogP contribution in [0.25, 0.3) is 6.08 Å². The molecule has 1 amide bonds. The van der Waals surface area contributed by atoms with Crippen LogP contribution in [0.3, 0.4) is 0 Å². The second kappa shape index (κ2) is 11.3. The number of non-ortho nitro benzene ring substituents is 1. The zero-order valence-corrected chi connectivity index (χ0v) is 18.3. The topological polar surface area (TPSA) is 128 Å². The van der Waals surface area contributed by atoms with Gasteiger partial charge in [-0.25, -0.2) is 4.79 Å². The summed E-state index contributed by atoms with van der Waals surface area (Å²) in [5, 5.41) is 22.7.